The number of aromatic nitrogens is 1. The van der Waals surface area contributed by atoms with E-state index in [-0.39, 0.29) is 33.5 Å². The number of allylic oxidation sites excluding steroid dienone is 2. The van der Waals surface area contributed by atoms with Gasteiger partial charge in [-0.05, 0) is 26.0 Å². The first-order valence-corrected chi connectivity index (χ1v) is 6.23. The highest BCUT2D eigenvalue weighted by Crippen LogP contribution is 2.22. The monoisotopic (exact) mass is 319 g/mol. The summed E-state index contributed by atoms with van der Waals surface area (Å²) in [5.41, 5.74) is 0.426. The predicted molar refractivity (Wildman–Crippen MR) is 74.7 cm³/mol. The van der Waals surface area contributed by atoms with Crippen molar-refractivity contribution in [3.8, 4) is 0 Å². The summed E-state index contributed by atoms with van der Waals surface area (Å²) in [6.07, 6.45) is -3.55. The second kappa shape index (κ2) is 6.71. The number of halogens is 4. The maximum Gasteiger partial charge on any atom is 0.405 e. The summed E-state index contributed by atoms with van der Waals surface area (Å²) in [6, 6.07) is 2.83. The molecular formula is C13H13ClF3N3O. The summed E-state index contributed by atoms with van der Waals surface area (Å²) in [5.74, 6) is -0.322. The van der Waals surface area contributed by atoms with Crippen molar-refractivity contribution in [1.82, 2.24) is 10.3 Å². The quantitative estimate of drug-likeness (QED) is 0.496. The van der Waals surface area contributed by atoms with Crippen LogP contribution in [0.3, 0.4) is 0 Å². The smallest absolute Gasteiger partial charge is 0.379 e. The van der Waals surface area contributed by atoms with Crippen LogP contribution in [0.1, 0.15) is 29.9 Å². The number of carbonyl (C=O) groups is 1. The van der Waals surface area contributed by atoms with E-state index in [9.17, 15) is 18.0 Å². The number of nitrogens with zero attached hydrogens (tertiary/aromatic N) is 1. The van der Waals surface area contributed by atoms with Crippen molar-refractivity contribution >= 4 is 29.2 Å². The highest BCUT2D eigenvalue weighted by molar-refractivity contribution is 6.29. The molecule has 21 heavy (non-hydrogen) atoms. The lowest BCUT2D eigenvalue weighted by Crippen LogP contribution is -2.28. The van der Waals surface area contributed by atoms with Gasteiger partial charge in [0.15, 0.2) is 5.78 Å². The Hall–Kier alpha value is -1.89. The van der Waals surface area contributed by atoms with E-state index in [1.807, 2.05) is 0 Å². The van der Waals surface area contributed by atoms with E-state index in [0.29, 0.717) is 0 Å². The topological polar surface area (TPSA) is 65.8 Å². The fourth-order valence-electron chi connectivity index (χ4n) is 1.61. The first kappa shape index (κ1) is 17.2. The van der Waals surface area contributed by atoms with Crippen molar-refractivity contribution in [2.75, 3.05) is 6.54 Å². The molecule has 0 aromatic carbocycles. The molecule has 1 aromatic heterocycles. The van der Waals surface area contributed by atoms with Crippen LogP contribution in [0.4, 0.5) is 13.2 Å². The molecule has 0 aliphatic rings. The molecule has 0 aliphatic carbocycles. The van der Waals surface area contributed by atoms with Crippen LogP contribution >= 0.6 is 11.6 Å². The molecule has 0 spiro atoms. The van der Waals surface area contributed by atoms with Crippen molar-refractivity contribution in [2.24, 2.45) is 0 Å². The van der Waals surface area contributed by atoms with Crippen LogP contribution in [-0.2, 0) is 0 Å². The maximum atomic E-state index is 12.2. The van der Waals surface area contributed by atoms with Gasteiger partial charge in [0.05, 0.1) is 5.69 Å². The summed E-state index contributed by atoms with van der Waals surface area (Å²) in [7, 11) is 0. The third kappa shape index (κ3) is 4.86. The van der Waals surface area contributed by atoms with E-state index in [1.165, 1.54) is 26.0 Å². The standard InChI is InChI=1S/C13H13ClF3N3O/c1-7(19-6-13(15,16)17)10(5-18)12-9(8(2)21)3-4-11(14)20-12/h3-5,18-19H,6H2,1-2H3/b10-7+,18-5?. The molecule has 1 aromatic rings. The number of hydrogen-bond acceptors (Lipinski definition) is 4. The highest BCUT2D eigenvalue weighted by Gasteiger charge is 2.27. The van der Waals surface area contributed by atoms with E-state index < -0.39 is 12.7 Å². The lowest BCUT2D eigenvalue weighted by Gasteiger charge is -2.14. The number of hydrogen-bond donors (Lipinski definition) is 2. The lowest BCUT2D eigenvalue weighted by molar-refractivity contribution is -0.123. The summed E-state index contributed by atoms with van der Waals surface area (Å²) in [5, 5.41) is 9.62. The minimum atomic E-state index is -4.39. The van der Waals surface area contributed by atoms with Crippen LogP contribution in [0.5, 0.6) is 0 Å². The third-order valence-electron chi connectivity index (χ3n) is 2.60. The molecule has 0 bridgehead atoms. The van der Waals surface area contributed by atoms with Gasteiger partial charge in [-0.1, -0.05) is 11.6 Å². The molecular weight excluding hydrogens is 307 g/mol. The average Bonchev–Trinajstić information content (AvgIpc) is 2.36. The van der Waals surface area contributed by atoms with E-state index in [0.717, 1.165) is 6.21 Å². The number of pyridine rings is 1. The molecule has 0 saturated heterocycles. The van der Waals surface area contributed by atoms with Gasteiger partial charge in [-0.2, -0.15) is 13.2 Å². The molecule has 0 radical (unpaired) electrons. The van der Waals surface area contributed by atoms with Gasteiger partial charge in [0.25, 0.3) is 0 Å². The minimum Gasteiger partial charge on any atom is -0.379 e. The lowest BCUT2D eigenvalue weighted by atomic mass is 10.0. The first-order valence-electron chi connectivity index (χ1n) is 5.85. The van der Waals surface area contributed by atoms with Gasteiger partial charge < -0.3 is 10.7 Å². The second-order valence-electron chi connectivity index (χ2n) is 4.24. The van der Waals surface area contributed by atoms with Gasteiger partial charge in [-0.15, -0.1) is 0 Å². The number of rotatable bonds is 5. The Morgan fingerprint density at radius 2 is 2.05 bits per heavy atom. The van der Waals surface area contributed by atoms with Crippen LogP contribution in [0, 0.1) is 5.41 Å². The molecule has 0 unspecified atom stereocenters. The Balaban J connectivity index is 3.29. The maximum absolute atomic E-state index is 12.2. The SMILES string of the molecule is CC(=O)c1ccc(Cl)nc1/C(C=N)=C(\C)NCC(F)(F)F. The van der Waals surface area contributed by atoms with E-state index >= 15 is 0 Å². The molecule has 8 heteroatoms. The van der Waals surface area contributed by atoms with Gasteiger partial charge in [-0.25, -0.2) is 4.98 Å². The Labute approximate surface area is 124 Å². The summed E-state index contributed by atoms with van der Waals surface area (Å²) < 4.78 is 36.7. The molecule has 1 rings (SSSR count). The molecule has 0 saturated carbocycles. The van der Waals surface area contributed by atoms with Gasteiger partial charge in [-0.3, -0.25) is 4.79 Å². The second-order valence-corrected chi connectivity index (χ2v) is 4.63. The number of carbonyl (C=O) groups excluding carboxylic acids is 1. The van der Waals surface area contributed by atoms with Crippen molar-refractivity contribution in [1.29, 1.82) is 5.41 Å². The zero-order valence-corrected chi connectivity index (χ0v) is 12.1. The Morgan fingerprint density at radius 3 is 2.52 bits per heavy atom. The zero-order valence-electron chi connectivity index (χ0n) is 11.3. The normalized spacial score (nSPS) is 12.7. The van der Waals surface area contributed by atoms with Gasteiger partial charge >= 0.3 is 6.18 Å². The van der Waals surface area contributed by atoms with Gasteiger partial charge in [0, 0.05) is 23.0 Å². The molecule has 0 fully saturated rings. The fraction of sp³-hybridized carbons (Fsp3) is 0.308. The molecule has 0 atom stereocenters. The number of nitrogens with one attached hydrogen (secondary N) is 2. The average molecular weight is 320 g/mol. The van der Waals surface area contributed by atoms with Crippen LogP contribution in [0.15, 0.2) is 17.8 Å². The fourth-order valence-corrected chi connectivity index (χ4v) is 1.75. The van der Waals surface area contributed by atoms with Gasteiger partial charge in [0.1, 0.15) is 11.7 Å². The Morgan fingerprint density at radius 1 is 1.43 bits per heavy atom. The molecule has 4 nitrogen and oxygen atoms in total. The molecule has 0 aliphatic heterocycles. The van der Waals surface area contributed by atoms with E-state index in [2.05, 4.69) is 10.3 Å². The third-order valence-corrected chi connectivity index (χ3v) is 2.81. The van der Waals surface area contributed by atoms with Crippen molar-refractivity contribution in [3.05, 3.63) is 34.2 Å². The van der Waals surface area contributed by atoms with E-state index in [4.69, 9.17) is 17.0 Å². The van der Waals surface area contributed by atoms with Crippen LogP contribution in [0.25, 0.3) is 5.57 Å². The predicted octanol–water partition coefficient (Wildman–Crippen LogP) is 3.47. The van der Waals surface area contributed by atoms with Crippen molar-refractivity contribution in [2.45, 2.75) is 20.0 Å². The van der Waals surface area contributed by atoms with Crippen LogP contribution in [-0.4, -0.2) is 29.7 Å². The van der Waals surface area contributed by atoms with Crippen molar-refractivity contribution in [3.63, 3.8) is 0 Å². The number of Topliss-reactive ketones (excluding diaryl/α,β-unsaturated/α-hetero) is 1. The largest absolute Gasteiger partial charge is 0.405 e. The van der Waals surface area contributed by atoms with E-state index in [1.54, 1.807) is 0 Å². The molecule has 0 amide bonds. The number of alkyl halides is 3. The highest BCUT2D eigenvalue weighted by atomic mass is 35.5. The van der Waals surface area contributed by atoms with Crippen molar-refractivity contribution < 1.29 is 18.0 Å². The Kier molecular flexibility index (Phi) is 5.48. The van der Waals surface area contributed by atoms with Crippen LogP contribution in [0.2, 0.25) is 5.15 Å². The molecule has 2 N–H and O–H groups in total. The summed E-state index contributed by atoms with van der Waals surface area (Å²) in [4.78, 5) is 15.5. The Bertz CT molecular complexity index is 597. The molecule has 114 valence electrons. The van der Waals surface area contributed by atoms with Gasteiger partial charge in [0.2, 0.25) is 0 Å². The summed E-state index contributed by atoms with van der Waals surface area (Å²) in [6.45, 7) is 1.43. The summed E-state index contributed by atoms with van der Waals surface area (Å²) >= 11 is 5.76. The van der Waals surface area contributed by atoms with Crippen LogP contribution < -0.4 is 5.32 Å². The number of ketones is 1. The first-order chi connectivity index (χ1) is 9.65. The minimum absolute atomic E-state index is 0.0759. The molecule has 1 heterocycles. The zero-order chi connectivity index (χ0) is 16.2.